The highest BCUT2D eigenvalue weighted by Gasteiger charge is 2.52. The van der Waals surface area contributed by atoms with Crippen molar-refractivity contribution < 1.29 is 37.7 Å². The predicted molar refractivity (Wildman–Crippen MR) is 156 cm³/mol. The fourth-order valence-corrected chi connectivity index (χ4v) is 6.20. The molecule has 3 heterocycles. The first-order valence-corrected chi connectivity index (χ1v) is 14.4. The maximum absolute atomic E-state index is 14.4. The molecule has 3 aliphatic heterocycles. The summed E-state index contributed by atoms with van der Waals surface area (Å²) in [5.41, 5.74) is -0.438. The number of methoxy groups -OCH3 is 2. The Kier molecular flexibility index (Phi) is 9.06. The Morgan fingerprint density at radius 1 is 1.13 bits per heavy atom. The van der Waals surface area contributed by atoms with E-state index in [1.54, 1.807) is 6.07 Å². The second-order valence-corrected chi connectivity index (χ2v) is 11.3. The summed E-state index contributed by atoms with van der Waals surface area (Å²) in [5, 5.41) is 23.4. The van der Waals surface area contributed by atoms with Crippen molar-refractivity contribution >= 4 is 23.7 Å². The summed E-state index contributed by atoms with van der Waals surface area (Å²) in [6, 6.07) is 9.14. The van der Waals surface area contributed by atoms with Crippen LogP contribution >= 0.6 is 0 Å². The number of nitrogens with one attached hydrogen (secondary N) is 1. The van der Waals surface area contributed by atoms with Crippen molar-refractivity contribution in [3.05, 3.63) is 76.5 Å². The third-order valence-corrected chi connectivity index (χ3v) is 8.66. The van der Waals surface area contributed by atoms with E-state index in [4.69, 9.17) is 9.47 Å². The molecule has 2 aromatic rings. The molecule has 0 aliphatic carbocycles. The van der Waals surface area contributed by atoms with Crippen molar-refractivity contribution in [3.63, 3.8) is 0 Å². The second kappa shape index (κ2) is 12.8. The number of rotatable bonds is 7. The number of β-amino-alcohol motifs (C(OH)–C–C–N with tert-alkyl or cyclic N) is 1. The molecule has 2 saturated heterocycles. The van der Waals surface area contributed by atoms with Gasteiger partial charge in [0, 0.05) is 46.4 Å². The minimum Gasteiger partial charge on any atom is -0.466 e. The fraction of sp³-hybridized carbons (Fsp3) is 0.419. The van der Waals surface area contributed by atoms with Crippen LogP contribution in [0, 0.1) is 23.0 Å². The third kappa shape index (κ3) is 5.94. The molecule has 12 nitrogen and oxygen atoms in total. The Morgan fingerprint density at radius 2 is 1.82 bits per heavy atom. The van der Waals surface area contributed by atoms with Crippen LogP contribution in [0.25, 0.3) is 0 Å². The summed E-state index contributed by atoms with van der Waals surface area (Å²) in [4.78, 5) is 46.2. The van der Waals surface area contributed by atoms with Crippen molar-refractivity contribution in [1.82, 2.24) is 20.0 Å². The van der Waals surface area contributed by atoms with Crippen molar-refractivity contribution in [2.75, 3.05) is 59.0 Å². The predicted octanol–water partition coefficient (Wildman–Crippen LogP) is 2.70. The van der Waals surface area contributed by atoms with E-state index in [-0.39, 0.29) is 42.6 Å². The summed E-state index contributed by atoms with van der Waals surface area (Å²) < 4.78 is 38.3. The number of halogens is 2. The lowest BCUT2D eigenvalue weighted by Crippen LogP contribution is -2.74. The lowest BCUT2D eigenvalue weighted by molar-refractivity contribution is -0.187. The van der Waals surface area contributed by atoms with Crippen LogP contribution in [0.1, 0.15) is 30.0 Å². The Labute approximate surface area is 259 Å². The van der Waals surface area contributed by atoms with Gasteiger partial charge in [-0.3, -0.25) is 9.80 Å². The van der Waals surface area contributed by atoms with Crippen molar-refractivity contribution in [3.8, 4) is 6.07 Å². The molecule has 0 aromatic heterocycles. The van der Waals surface area contributed by atoms with Gasteiger partial charge in [0.2, 0.25) is 0 Å². The number of amides is 4. The molecule has 2 aromatic carbocycles. The van der Waals surface area contributed by atoms with Crippen LogP contribution in [0.2, 0.25) is 0 Å². The minimum absolute atomic E-state index is 0.00643. The molecule has 0 radical (unpaired) electrons. The van der Waals surface area contributed by atoms with E-state index in [0.29, 0.717) is 23.6 Å². The van der Waals surface area contributed by atoms with E-state index in [1.807, 2.05) is 18.2 Å². The average molecular weight is 625 g/mol. The van der Waals surface area contributed by atoms with E-state index in [0.717, 1.165) is 48.7 Å². The smallest absolute Gasteiger partial charge is 0.338 e. The number of anilines is 1. The zero-order chi connectivity index (χ0) is 32.5. The standard InChI is InChI=1S/C31H34F2N6O6/c1-36(31(43)17-38(18-31)21-10-12-37(13-11-21)25-7-5-4-6-20(25)15-34)30(42)39-27(19-8-9-22(32)23(33)14-19)26(28(40)45-3)24(16-44-2)35-29(39)41/h4-9,14,21,27,43H,10-13,16-18H2,1-3H3,(H,35,41)/t27-/m0/s1. The van der Waals surface area contributed by atoms with E-state index >= 15 is 0 Å². The SMILES string of the molecule is COCC1=C(C(=O)OC)[C@H](c2ccc(F)c(F)c2)N(C(=O)N(C)C2(O)CN(C3CCN(c4ccccc4C#N)CC3)C2)C(=O)N1. The summed E-state index contributed by atoms with van der Waals surface area (Å²) in [6.45, 7) is 1.39. The second-order valence-electron chi connectivity index (χ2n) is 11.3. The van der Waals surface area contributed by atoms with Crippen LogP contribution in [-0.4, -0.2) is 104 Å². The molecular formula is C31H34F2N6O6. The van der Waals surface area contributed by atoms with E-state index in [2.05, 4.69) is 21.2 Å². The normalized spacial score (nSPS) is 20.3. The number of carbonyl (C=O) groups excluding carboxylic acids is 3. The zero-order valence-corrected chi connectivity index (χ0v) is 25.1. The van der Waals surface area contributed by atoms with Gasteiger partial charge in [-0.2, -0.15) is 5.26 Å². The first kappa shape index (κ1) is 31.8. The highest BCUT2D eigenvalue weighted by atomic mass is 19.2. The van der Waals surface area contributed by atoms with Gasteiger partial charge in [-0.05, 0) is 42.7 Å². The molecule has 3 aliphatic rings. The Bertz CT molecular complexity index is 1560. The van der Waals surface area contributed by atoms with E-state index in [9.17, 15) is 33.5 Å². The maximum Gasteiger partial charge on any atom is 0.338 e. The fourth-order valence-electron chi connectivity index (χ4n) is 6.20. The molecule has 45 heavy (non-hydrogen) atoms. The first-order chi connectivity index (χ1) is 21.5. The van der Waals surface area contributed by atoms with Gasteiger partial charge in [0.25, 0.3) is 0 Å². The van der Waals surface area contributed by atoms with Crippen molar-refractivity contribution in [1.29, 1.82) is 5.26 Å². The number of imide groups is 1. The van der Waals surface area contributed by atoms with Crippen molar-refractivity contribution in [2.24, 2.45) is 0 Å². The van der Waals surface area contributed by atoms with E-state index < -0.39 is 41.4 Å². The number of piperidine rings is 1. The molecular weight excluding hydrogens is 590 g/mol. The van der Waals surface area contributed by atoms with Gasteiger partial charge in [0.1, 0.15) is 12.1 Å². The molecule has 14 heteroatoms. The third-order valence-electron chi connectivity index (χ3n) is 8.66. The Balaban J connectivity index is 1.34. The van der Waals surface area contributed by atoms with Crippen LogP contribution < -0.4 is 10.2 Å². The van der Waals surface area contributed by atoms with Gasteiger partial charge in [-0.25, -0.2) is 28.1 Å². The monoisotopic (exact) mass is 624 g/mol. The molecule has 2 fully saturated rings. The van der Waals surface area contributed by atoms with Gasteiger partial charge in [-0.15, -0.1) is 0 Å². The highest BCUT2D eigenvalue weighted by Crippen LogP contribution is 2.38. The average Bonchev–Trinajstić information content (AvgIpc) is 3.03. The number of likely N-dealkylation sites (N-methyl/N-ethyl adjacent to an activating group) is 1. The molecule has 2 N–H and O–H groups in total. The number of nitriles is 1. The highest BCUT2D eigenvalue weighted by molar-refractivity contribution is 6.02. The number of likely N-dealkylation sites (tertiary alicyclic amines) is 1. The number of nitrogens with zero attached hydrogens (tertiary/aromatic N) is 5. The topological polar surface area (TPSA) is 139 Å². The maximum atomic E-state index is 14.4. The van der Waals surface area contributed by atoms with Crippen LogP contribution in [0.4, 0.5) is 24.1 Å². The number of urea groups is 2. The van der Waals surface area contributed by atoms with Crippen molar-refractivity contribution in [2.45, 2.75) is 30.7 Å². The van der Waals surface area contributed by atoms with E-state index in [1.165, 1.54) is 14.2 Å². The Morgan fingerprint density at radius 3 is 2.44 bits per heavy atom. The van der Waals surface area contributed by atoms with Crippen LogP contribution in [0.15, 0.2) is 53.7 Å². The lowest BCUT2D eigenvalue weighted by Gasteiger charge is -2.55. The van der Waals surface area contributed by atoms with Crippen LogP contribution in [0.3, 0.4) is 0 Å². The molecule has 0 bridgehead atoms. The summed E-state index contributed by atoms with van der Waals surface area (Å²) >= 11 is 0. The number of hydrogen-bond acceptors (Lipinski definition) is 9. The minimum atomic E-state index is -1.65. The molecule has 0 spiro atoms. The number of benzene rings is 2. The molecule has 238 valence electrons. The van der Waals surface area contributed by atoms with Gasteiger partial charge in [0.15, 0.2) is 17.4 Å². The van der Waals surface area contributed by atoms with Gasteiger partial charge in [-0.1, -0.05) is 18.2 Å². The first-order valence-electron chi connectivity index (χ1n) is 14.4. The van der Waals surface area contributed by atoms with Gasteiger partial charge < -0.3 is 24.8 Å². The molecule has 5 rings (SSSR count). The molecule has 1 atom stereocenters. The Hall–Kier alpha value is -4.58. The summed E-state index contributed by atoms with van der Waals surface area (Å²) in [7, 11) is 3.77. The lowest BCUT2D eigenvalue weighted by atomic mass is 9.92. The largest absolute Gasteiger partial charge is 0.466 e. The number of aliphatic hydroxyl groups is 1. The number of esters is 1. The number of carbonyl (C=O) groups is 3. The number of hydrogen-bond donors (Lipinski definition) is 2. The number of ether oxygens (including phenoxy) is 2. The summed E-state index contributed by atoms with van der Waals surface area (Å²) in [5.74, 6) is -3.32. The zero-order valence-electron chi connectivity index (χ0n) is 25.1. The molecule has 4 amide bonds. The van der Waals surface area contributed by atoms with Crippen LogP contribution in [0.5, 0.6) is 0 Å². The van der Waals surface area contributed by atoms with Gasteiger partial charge in [0.05, 0.1) is 36.2 Å². The quantitative estimate of drug-likeness (QED) is 0.352. The van der Waals surface area contributed by atoms with Gasteiger partial charge >= 0.3 is 18.0 Å². The molecule has 0 saturated carbocycles. The van der Waals surface area contributed by atoms with Crippen LogP contribution in [-0.2, 0) is 14.3 Å². The number of para-hydroxylation sites is 1. The summed E-state index contributed by atoms with van der Waals surface area (Å²) in [6.07, 6.45) is 1.55. The molecule has 0 unspecified atom stereocenters.